The van der Waals surface area contributed by atoms with Crippen molar-refractivity contribution >= 4 is 0 Å². The summed E-state index contributed by atoms with van der Waals surface area (Å²) in [5, 5.41) is 18.4. The Hall–Kier alpha value is -1.10. The van der Waals surface area contributed by atoms with Crippen molar-refractivity contribution in [2.75, 3.05) is 13.2 Å². The van der Waals surface area contributed by atoms with Crippen LogP contribution < -0.4 is 0 Å². The van der Waals surface area contributed by atoms with E-state index in [1.165, 1.54) is 0 Å². The van der Waals surface area contributed by atoms with Crippen molar-refractivity contribution < 1.29 is 19.7 Å². The second-order valence-electron chi connectivity index (χ2n) is 3.87. The van der Waals surface area contributed by atoms with E-state index in [0.29, 0.717) is 19.4 Å². The topological polar surface area (TPSA) is 58.9 Å². The standard InChI is InChI=1S/C12H16O4/c13-6-5-10-8-15-12(16-10)7-9-3-1-2-4-11(9)14/h1-4,10,12-14H,5-8H2. The smallest absolute Gasteiger partial charge is 0.162 e. The van der Waals surface area contributed by atoms with Gasteiger partial charge >= 0.3 is 0 Å². The Morgan fingerprint density at radius 2 is 2.12 bits per heavy atom. The number of aliphatic hydroxyl groups is 1. The first-order chi connectivity index (χ1) is 7.79. The highest BCUT2D eigenvalue weighted by Crippen LogP contribution is 2.22. The van der Waals surface area contributed by atoms with Crippen LogP contribution in [0.2, 0.25) is 0 Å². The molecule has 1 saturated heterocycles. The summed E-state index contributed by atoms with van der Waals surface area (Å²) < 4.78 is 11.0. The minimum Gasteiger partial charge on any atom is -0.508 e. The van der Waals surface area contributed by atoms with Crippen molar-refractivity contribution in [3.05, 3.63) is 29.8 Å². The van der Waals surface area contributed by atoms with Crippen molar-refractivity contribution in [2.45, 2.75) is 25.2 Å². The number of hydrogen-bond donors (Lipinski definition) is 2. The zero-order chi connectivity index (χ0) is 11.4. The molecule has 1 aromatic rings. The first-order valence-electron chi connectivity index (χ1n) is 5.44. The molecular formula is C12H16O4. The van der Waals surface area contributed by atoms with Crippen LogP contribution in [-0.2, 0) is 15.9 Å². The summed E-state index contributed by atoms with van der Waals surface area (Å²) in [6, 6.07) is 7.15. The molecular weight excluding hydrogens is 208 g/mol. The molecule has 0 amide bonds. The van der Waals surface area contributed by atoms with Gasteiger partial charge in [0.25, 0.3) is 0 Å². The van der Waals surface area contributed by atoms with E-state index < -0.39 is 0 Å². The lowest BCUT2D eigenvalue weighted by atomic mass is 10.1. The molecule has 2 N–H and O–H groups in total. The van der Waals surface area contributed by atoms with E-state index in [1.807, 2.05) is 12.1 Å². The molecule has 4 nitrogen and oxygen atoms in total. The van der Waals surface area contributed by atoms with Crippen LogP contribution in [0.1, 0.15) is 12.0 Å². The van der Waals surface area contributed by atoms with Crippen LogP contribution in [0.25, 0.3) is 0 Å². The van der Waals surface area contributed by atoms with Crippen molar-refractivity contribution in [2.24, 2.45) is 0 Å². The van der Waals surface area contributed by atoms with Crippen molar-refractivity contribution in [3.63, 3.8) is 0 Å². The van der Waals surface area contributed by atoms with Crippen LogP contribution in [0.4, 0.5) is 0 Å². The Bertz CT molecular complexity index is 340. The third kappa shape index (κ3) is 2.72. The van der Waals surface area contributed by atoms with Crippen LogP contribution in [0.3, 0.4) is 0 Å². The zero-order valence-electron chi connectivity index (χ0n) is 9.00. The second kappa shape index (κ2) is 5.30. The van der Waals surface area contributed by atoms with Crippen LogP contribution in [0.5, 0.6) is 5.75 Å². The summed E-state index contributed by atoms with van der Waals surface area (Å²) in [6.07, 6.45) is 0.789. The van der Waals surface area contributed by atoms with Crippen LogP contribution in [0.15, 0.2) is 24.3 Å². The second-order valence-corrected chi connectivity index (χ2v) is 3.87. The fraction of sp³-hybridized carbons (Fsp3) is 0.500. The molecule has 0 radical (unpaired) electrons. The molecule has 1 aliphatic rings. The fourth-order valence-electron chi connectivity index (χ4n) is 1.77. The molecule has 1 aliphatic heterocycles. The molecule has 2 atom stereocenters. The predicted octanol–water partition coefficient (Wildman–Crippen LogP) is 1.06. The fourth-order valence-corrected chi connectivity index (χ4v) is 1.77. The van der Waals surface area contributed by atoms with Gasteiger partial charge in [0, 0.05) is 13.0 Å². The Kier molecular flexibility index (Phi) is 3.77. The monoisotopic (exact) mass is 224 g/mol. The summed E-state index contributed by atoms with van der Waals surface area (Å²) in [5.74, 6) is 0.264. The number of benzene rings is 1. The van der Waals surface area contributed by atoms with Gasteiger partial charge in [-0.15, -0.1) is 0 Å². The van der Waals surface area contributed by atoms with Gasteiger partial charge in [0.05, 0.1) is 12.7 Å². The molecule has 2 unspecified atom stereocenters. The van der Waals surface area contributed by atoms with E-state index in [1.54, 1.807) is 12.1 Å². The van der Waals surface area contributed by atoms with Crippen LogP contribution >= 0.6 is 0 Å². The van der Waals surface area contributed by atoms with Gasteiger partial charge in [0.1, 0.15) is 5.75 Å². The van der Waals surface area contributed by atoms with Crippen LogP contribution in [0, 0.1) is 0 Å². The summed E-state index contributed by atoms with van der Waals surface area (Å²) in [6.45, 7) is 0.621. The maximum Gasteiger partial charge on any atom is 0.162 e. The third-order valence-electron chi connectivity index (χ3n) is 2.64. The maximum atomic E-state index is 9.59. The summed E-state index contributed by atoms with van der Waals surface area (Å²) in [5.41, 5.74) is 0.817. The van der Waals surface area contributed by atoms with Crippen molar-refractivity contribution in [3.8, 4) is 5.75 Å². The average molecular weight is 224 g/mol. The van der Waals surface area contributed by atoms with Gasteiger partial charge in [0.2, 0.25) is 0 Å². The summed E-state index contributed by atoms with van der Waals surface area (Å²) >= 11 is 0. The minimum atomic E-state index is -0.315. The first-order valence-corrected chi connectivity index (χ1v) is 5.44. The van der Waals surface area contributed by atoms with E-state index in [0.717, 1.165) is 5.56 Å². The molecule has 0 aromatic heterocycles. The highest BCUT2D eigenvalue weighted by Gasteiger charge is 2.26. The molecule has 0 saturated carbocycles. The van der Waals surface area contributed by atoms with Crippen molar-refractivity contribution in [1.29, 1.82) is 0 Å². The van der Waals surface area contributed by atoms with E-state index in [2.05, 4.69) is 0 Å². The number of phenolic OH excluding ortho intramolecular Hbond substituents is 1. The van der Waals surface area contributed by atoms with Crippen molar-refractivity contribution in [1.82, 2.24) is 0 Å². The number of aromatic hydroxyl groups is 1. The lowest BCUT2D eigenvalue weighted by Gasteiger charge is -2.11. The Morgan fingerprint density at radius 3 is 2.88 bits per heavy atom. The van der Waals surface area contributed by atoms with Gasteiger partial charge < -0.3 is 19.7 Å². The largest absolute Gasteiger partial charge is 0.508 e. The SMILES string of the molecule is OCCC1COC(Cc2ccccc2O)O1. The first kappa shape index (κ1) is 11.4. The Balaban J connectivity index is 1.90. The lowest BCUT2D eigenvalue weighted by Crippen LogP contribution is -2.15. The number of ether oxygens (including phenoxy) is 2. The van der Waals surface area contributed by atoms with E-state index in [4.69, 9.17) is 14.6 Å². The number of phenols is 1. The van der Waals surface area contributed by atoms with E-state index in [-0.39, 0.29) is 24.8 Å². The quantitative estimate of drug-likeness (QED) is 0.802. The molecule has 2 rings (SSSR count). The average Bonchev–Trinajstić information content (AvgIpc) is 2.70. The Morgan fingerprint density at radius 1 is 1.31 bits per heavy atom. The zero-order valence-corrected chi connectivity index (χ0v) is 9.00. The summed E-state index contributed by atoms with van der Waals surface area (Å²) in [4.78, 5) is 0. The van der Waals surface area contributed by atoms with Crippen LogP contribution in [-0.4, -0.2) is 35.8 Å². The van der Waals surface area contributed by atoms with Gasteiger partial charge in [-0.3, -0.25) is 0 Å². The van der Waals surface area contributed by atoms with Gasteiger partial charge in [-0.25, -0.2) is 0 Å². The third-order valence-corrected chi connectivity index (χ3v) is 2.64. The van der Waals surface area contributed by atoms with Gasteiger partial charge in [-0.05, 0) is 18.1 Å². The number of hydrogen-bond acceptors (Lipinski definition) is 4. The lowest BCUT2D eigenvalue weighted by molar-refractivity contribution is -0.0586. The van der Waals surface area contributed by atoms with E-state index >= 15 is 0 Å². The normalized spacial score (nSPS) is 24.8. The molecule has 0 aliphatic carbocycles. The number of aliphatic hydroxyl groups excluding tert-OH is 1. The molecule has 16 heavy (non-hydrogen) atoms. The molecule has 1 fully saturated rings. The molecule has 88 valence electrons. The molecule has 1 heterocycles. The number of para-hydroxylation sites is 1. The predicted molar refractivity (Wildman–Crippen MR) is 58.1 cm³/mol. The maximum absolute atomic E-state index is 9.59. The summed E-state index contributed by atoms with van der Waals surface area (Å²) in [7, 11) is 0. The van der Waals surface area contributed by atoms with Gasteiger partial charge in [0.15, 0.2) is 6.29 Å². The van der Waals surface area contributed by atoms with Gasteiger partial charge in [-0.1, -0.05) is 18.2 Å². The number of rotatable bonds is 4. The highest BCUT2D eigenvalue weighted by molar-refractivity contribution is 5.32. The molecule has 0 spiro atoms. The molecule has 4 heteroatoms. The van der Waals surface area contributed by atoms with E-state index in [9.17, 15) is 5.11 Å². The molecule has 0 bridgehead atoms. The molecule has 1 aromatic carbocycles. The minimum absolute atomic E-state index is 0.0270. The highest BCUT2D eigenvalue weighted by atomic mass is 16.7. The van der Waals surface area contributed by atoms with Gasteiger partial charge in [-0.2, -0.15) is 0 Å². The Labute approximate surface area is 94.4 Å².